The molecule has 31 heavy (non-hydrogen) atoms. The van der Waals surface area contributed by atoms with Crippen LogP contribution >= 0.6 is 0 Å². The third-order valence-electron chi connectivity index (χ3n) is 4.68. The maximum Gasteiger partial charge on any atom is 0.164 e. The summed E-state index contributed by atoms with van der Waals surface area (Å²) in [6.45, 7) is 5.79. The zero-order chi connectivity index (χ0) is 22.0. The first kappa shape index (κ1) is 20.4. The molecule has 4 aromatic rings. The molecule has 0 bridgehead atoms. The van der Waals surface area contributed by atoms with Gasteiger partial charge in [0, 0.05) is 47.7 Å². The molecule has 0 saturated heterocycles. The van der Waals surface area contributed by atoms with Crippen molar-refractivity contribution in [2.45, 2.75) is 26.4 Å². The van der Waals surface area contributed by atoms with Gasteiger partial charge in [0.15, 0.2) is 11.5 Å². The molecule has 0 unspecified atom stereocenters. The molecule has 158 valence electrons. The zero-order valence-electron chi connectivity index (χ0n) is 18.0. The van der Waals surface area contributed by atoms with Crippen LogP contribution in [0.15, 0.2) is 36.9 Å². The van der Waals surface area contributed by atoms with E-state index >= 15 is 0 Å². The highest BCUT2D eigenvalue weighted by atomic mass is 15.4. The van der Waals surface area contributed by atoms with Crippen molar-refractivity contribution in [2.75, 3.05) is 26.0 Å². The summed E-state index contributed by atoms with van der Waals surface area (Å²) in [4.78, 5) is 11.1. The summed E-state index contributed by atoms with van der Waals surface area (Å²) in [7, 11) is 4.06. The number of nitrogens with zero attached hydrogens (tertiary/aromatic N) is 9. The maximum absolute atomic E-state index is 9.09. The number of pyridine rings is 2. The third kappa shape index (κ3) is 4.36. The van der Waals surface area contributed by atoms with Crippen molar-refractivity contribution in [1.29, 1.82) is 5.26 Å². The van der Waals surface area contributed by atoms with Gasteiger partial charge in [0.2, 0.25) is 0 Å². The van der Waals surface area contributed by atoms with Crippen LogP contribution in [0.3, 0.4) is 0 Å². The fourth-order valence-corrected chi connectivity index (χ4v) is 3.18. The van der Waals surface area contributed by atoms with Crippen LogP contribution in [0.1, 0.15) is 19.4 Å². The summed E-state index contributed by atoms with van der Waals surface area (Å²) >= 11 is 0. The first-order chi connectivity index (χ1) is 14.9. The van der Waals surface area contributed by atoms with E-state index < -0.39 is 0 Å². The summed E-state index contributed by atoms with van der Waals surface area (Å²) in [5.74, 6) is 0.624. The van der Waals surface area contributed by atoms with Crippen LogP contribution in [-0.2, 0) is 6.54 Å². The fraction of sp³-hybridized carbons (Fsp3) is 0.333. The van der Waals surface area contributed by atoms with Crippen molar-refractivity contribution in [2.24, 2.45) is 0 Å². The van der Waals surface area contributed by atoms with Crippen LogP contribution in [-0.4, -0.2) is 66.3 Å². The summed E-state index contributed by atoms with van der Waals surface area (Å²) < 4.78 is 3.50. The van der Waals surface area contributed by atoms with Gasteiger partial charge in [-0.1, -0.05) is 5.21 Å². The average molecular weight is 416 g/mol. The second kappa shape index (κ2) is 8.49. The number of hydrogen-bond acceptors (Lipinski definition) is 8. The molecule has 0 aliphatic rings. The van der Waals surface area contributed by atoms with Crippen molar-refractivity contribution < 1.29 is 0 Å². The Labute approximate surface area is 180 Å². The summed E-state index contributed by atoms with van der Waals surface area (Å²) in [5.41, 5.74) is 3.64. The first-order valence-electron chi connectivity index (χ1n) is 10.0. The summed E-state index contributed by atoms with van der Waals surface area (Å²) in [6, 6.07) is 6.00. The fourth-order valence-electron chi connectivity index (χ4n) is 3.18. The molecule has 4 aromatic heterocycles. The molecular formula is C21H24N10. The van der Waals surface area contributed by atoms with Gasteiger partial charge in [0.05, 0.1) is 24.5 Å². The molecule has 0 saturated carbocycles. The minimum Gasteiger partial charge on any atom is -0.382 e. The Morgan fingerprint density at radius 2 is 2.00 bits per heavy atom. The van der Waals surface area contributed by atoms with E-state index in [-0.39, 0.29) is 6.04 Å². The van der Waals surface area contributed by atoms with Crippen LogP contribution in [0, 0.1) is 11.3 Å². The Morgan fingerprint density at radius 3 is 2.74 bits per heavy atom. The molecule has 4 heterocycles. The van der Waals surface area contributed by atoms with Crippen molar-refractivity contribution in [3.63, 3.8) is 0 Å². The van der Waals surface area contributed by atoms with Crippen molar-refractivity contribution in [3.05, 3.63) is 42.5 Å². The molecule has 0 atom stereocenters. The largest absolute Gasteiger partial charge is 0.382 e. The molecule has 10 heteroatoms. The molecule has 0 aromatic carbocycles. The van der Waals surface area contributed by atoms with Crippen LogP contribution in [0.5, 0.6) is 0 Å². The van der Waals surface area contributed by atoms with Crippen molar-refractivity contribution >= 4 is 16.7 Å². The van der Waals surface area contributed by atoms with Gasteiger partial charge in [-0.15, -0.1) is 5.10 Å². The van der Waals surface area contributed by atoms with Gasteiger partial charge in [-0.25, -0.2) is 9.97 Å². The second-order valence-electron chi connectivity index (χ2n) is 7.86. The van der Waals surface area contributed by atoms with Crippen LogP contribution < -0.4 is 5.32 Å². The first-order valence-corrected chi connectivity index (χ1v) is 10.0. The number of anilines is 1. The lowest BCUT2D eigenvalue weighted by atomic mass is 10.1. The molecule has 0 radical (unpaired) electrons. The Kier molecular flexibility index (Phi) is 5.60. The smallest absolute Gasteiger partial charge is 0.164 e. The molecular weight excluding hydrogens is 392 g/mol. The Hall–Kier alpha value is -3.84. The number of fused-ring (bicyclic) bond motifs is 1. The lowest BCUT2D eigenvalue weighted by Gasteiger charge is -2.15. The molecule has 1 N–H and O–H groups in total. The van der Waals surface area contributed by atoms with Crippen molar-refractivity contribution in [3.8, 4) is 23.1 Å². The van der Waals surface area contributed by atoms with Crippen LogP contribution in [0.2, 0.25) is 0 Å². The van der Waals surface area contributed by atoms with Gasteiger partial charge < -0.3 is 10.2 Å². The quantitative estimate of drug-likeness (QED) is 0.488. The highest BCUT2D eigenvalue weighted by Gasteiger charge is 2.15. The van der Waals surface area contributed by atoms with E-state index in [4.69, 9.17) is 5.26 Å². The predicted octanol–water partition coefficient (Wildman–Crippen LogP) is 2.33. The monoisotopic (exact) mass is 416 g/mol. The standard InChI is InChI=1S/C21H24N10/c1-14(2)26-18-8-20(31-21-16(11-25-31)7-15(9-22)10-24-21)23-12-17(18)19-13-30(28-27-19)6-5-29(3)4/h7-8,10-14H,5-6H2,1-4H3,(H,23,26). The number of likely N-dealkylation sites (N-methyl/N-ethyl adjacent to an activating group) is 1. The van der Waals surface area contributed by atoms with Crippen LogP contribution in [0.4, 0.5) is 5.69 Å². The molecule has 0 aliphatic carbocycles. The van der Waals surface area contributed by atoms with E-state index in [1.54, 1.807) is 23.1 Å². The van der Waals surface area contributed by atoms with Gasteiger partial charge in [0.1, 0.15) is 11.8 Å². The summed E-state index contributed by atoms with van der Waals surface area (Å²) in [5, 5.41) is 26.4. The topological polar surface area (TPSA) is 113 Å². The summed E-state index contributed by atoms with van der Waals surface area (Å²) in [6.07, 6.45) is 6.93. The number of aromatic nitrogens is 7. The predicted molar refractivity (Wildman–Crippen MR) is 118 cm³/mol. The Bertz CT molecular complexity index is 1240. The van der Waals surface area contributed by atoms with Gasteiger partial charge in [0.25, 0.3) is 0 Å². The van der Waals surface area contributed by atoms with E-state index in [1.165, 1.54) is 6.20 Å². The van der Waals surface area contributed by atoms with Gasteiger partial charge in [-0.3, -0.25) is 4.68 Å². The minimum atomic E-state index is 0.212. The Morgan fingerprint density at radius 1 is 1.16 bits per heavy atom. The Balaban J connectivity index is 1.72. The van der Waals surface area contributed by atoms with Gasteiger partial charge in [-0.05, 0) is 34.0 Å². The van der Waals surface area contributed by atoms with Gasteiger partial charge in [-0.2, -0.15) is 15.0 Å². The maximum atomic E-state index is 9.09. The second-order valence-corrected chi connectivity index (χ2v) is 7.86. The van der Waals surface area contributed by atoms with Crippen molar-refractivity contribution in [1.82, 2.24) is 39.6 Å². The lowest BCUT2D eigenvalue weighted by molar-refractivity contribution is 0.370. The molecule has 0 amide bonds. The van der Waals surface area contributed by atoms with E-state index in [0.29, 0.717) is 17.0 Å². The zero-order valence-corrected chi connectivity index (χ0v) is 18.0. The van der Waals surface area contributed by atoms with E-state index in [2.05, 4.69) is 55.5 Å². The molecule has 0 aliphatic heterocycles. The lowest BCUT2D eigenvalue weighted by Crippen LogP contribution is -2.18. The van der Waals surface area contributed by atoms with Gasteiger partial charge >= 0.3 is 0 Å². The van der Waals surface area contributed by atoms with E-state index in [9.17, 15) is 0 Å². The average Bonchev–Trinajstić information content (AvgIpc) is 3.38. The normalized spacial score (nSPS) is 11.4. The minimum absolute atomic E-state index is 0.212. The number of nitrogens with one attached hydrogen (secondary N) is 1. The number of nitriles is 1. The molecule has 4 rings (SSSR count). The molecule has 0 fully saturated rings. The van der Waals surface area contributed by atoms with Crippen LogP contribution in [0.25, 0.3) is 28.1 Å². The SMILES string of the molecule is CC(C)Nc1cc(-n2ncc3cc(C#N)cnc32)ncc1-c1cn(CCN(C)C)nn1. The van der Waals surface area contributed by atoms with E-state index in [0.717, 1.165) is 35.4 Å². The molecule has 0 spiro atoms. The third-order valence-corrected chi connectivity index (χ3v) is 4.68. The highest BCUT2D eigenvalue weighted by Crippen LogP contribution is 2.28. The molecule has 10 nitrogen and oxygen atoms in total. The highest BCUT2D eigenvalue weighted by molar-refractivity contribution is 5.79. The number of rotatable bonds is 7. The van der Waals surface area contributed by atoms with E-state index in [1.807, 2.05) is 31.0 Å². The number of hydrogen-bond donors (Lipinski definition) is 1.